The third-order valence-corrected chi connectivity index (χ3v) is 7.78. The second-order valence-electron chi connectivity index (χ2n) is 7.65. The van der Waals surface area contributed by atoms with Crippen molar-refractivity contribution in [2.24, 2.45) is 0 Å². The third-order valence-electron chi connectivity index (χ3n) is 5.24. The fourth-order valence-corrected chi connectivity index (χ4v) is 5.34. The number of carbonyl (C=O) groups is 1. The molecule has 0 aliphatic carbocycles. The van der Waals surface area contributed by atoms with Crippen LogP contribution in [0.1, 0.15) is 24.1 Å². The largest absolute Gasteiger partial charge is 0.361 e. The summed E-state index contributed by atoms with van der Waals surface area (Å²) in [5, 5.41) is 7.24. The lowest BCUT2D eigenvalue weighted by molar-refractivity contribution is 0.249. The van der Waals surface area contributed by atoms with Crippen LogP contribution in [0.3, 0.4) is 0 Å². The number of anilines is 1. The summed E-state index contributed by atoms with van der Waals surface area (Å²) in [7, 11) is -3.54. The van der Waals surface area contributed by atoms with Gasteiger partial charge in [0.05, 0.1) is 26.7 Å². The standard InChI is InChI=1S/C24H21Cl2N3O3S/c1-15(20-3-2-4-21(25)23(20)26)28-24(30)29-18-6-8-19(9-7-18)33(31,32)14-16-5-10-22-17(13-16)11-12-27-22/h2-13,15,27H,14H2,1H3,(H2,28,29,30)/t15-/m0/s1. The van der Waals surface area contributed by atoms with Crippen LogP contribution in [-0.4, -0.2) is 19.4 Å². The van der Waals surface area contributed by atoms with Gasteiger partial charge in [0, 0.05) is 17.4 Å². The first-order valence-electron chi connectivity index (χ1n) is 10.1. The lowest BCUT2D eigenvalue weighted by Crippen LogP contribution is -2.31. The first-order valence-corrected chi connectivity index (χ1v) is 12.5. The Bertz CT molecular complexity index is 1420. The average Bonchev–Trinajstić information content (AvgIpc) is 3.23. The van der Waals surface area contributed by atoms with Gasteiger partial charge in [-0.1, -0.05) is 41.4 Å². The minimum Gasteiger partial charge on any atom is -0.361 e. The maximum atomic E-state index is 12.8. The molecule has 2 amide bonds. The predicted octanol–water partition coefficient (Wildman–Crippen LogP) is 6.33. The molecule has 0 spiro atoms. The Hall–Kier alpha value is -3.00. The summed E-state index contributed by atoms with van der Waals surface area (Å²) in [5.41, 5.74) is 2.82. The summed E-state index contributed by atoms with van der Waals surface area (Å²) < 4.78 is 25.7. The molecule has 0 unspecified atom stereocenters. The zero-order valence-corrected chi connectivity index (χ0v) is 19.9. The van der Waals surface area contributed by atoms with Crippen molar-refractivity contribution in [1.29, 1.82) is 0 Å². The Balaban J connectivity index is 1.40. The highest BCUT2D eigenvalue weighted by Crippen LogP contribution is 2.30. The van der Waals surface area contributed by atoms with E-state index in [4.69, 9.17) is 23.2 Å². The molecule has 1 heterocycles. The molecule has 4 aromatic rings. The van der Waals surface area contributed by atoms with E-state index in [1.54, 1.807) is 43.3 Å². The smallest absolute Gasteiger partial charge is 0.319 e. The van der Waals surface area contributed by atoms with E-state index >= 15 is 0 Å². The van der Waals surface area contributed by atoms with Gasteiger partial charge >= 0.3 is 6.03 Å². The number of benzene rings is 3. The van der Waals surface area contributed by atoms with Gasteiger partial charge in [-0.3, -0.25) is 0 Å². The molecule has 0 saturated carbocycles. The van der Waals surface area contributed by atoms with Crippen LogP contribution in [-0.2, 0) is 15.6 Å². The summed E-state index contributed by atoms with van der Waals surface area (Å²) in [4.78, 5) is 15.7. The topological polar surface area (TPSA) is 91.1 Å². The molecule has 3 N–H and O–H groups in total. The predicted molar refractivity (Wildman–Crippen MR) is 133 cm³/mol. The molecule has 9 heteroatoms. The first kappa shape index (κ1) is 23.2. The molecular formula is C24H21Cl2N3O3S. The molecule has 0 radical (unpaired) electrons. The van der Waals surface area contributed by atoms with Crippen LogP contribution in [0.2, 0.25) is 10.0 Å². The zero-order chi connectivity index (χ0) is 23.6. The number of urea groups is 1. The molecule has 0 bridgehead atoms. The molecular weight excluding hydrogens is 481 g/mol. The first-order chi connectivity index (χ1) is 15.7. The second-order valence-corrected chi connectivity index (χ2v) is 10.4. The normalized spacial score (nSPS) is 12.5. The van der Waals surface area contributed by atoms with Crippen molar-refractivity contribution in [2.45, 2.75) is 23.6 Å². The number of rotatable bonds is 6. The number of hydrogen-bond donors (Lipinski definition) is 3. The van der Waals surface area contributed by atoms with Crippen molar-refractivity contribution in [1.82, 2.24) is 10.3 Å². The molecule has 6 nitrogen and oxygen atoms in total. The average molecular weight is 502 g/mol. The maximum absolute atomic E-state index is 12.8. The van der Waals surface area contributed by atoms with Crippen LogP contribution < -0.4 is 10.6 Å². The van der Waals surface area contributed by atoms with Crippen LogP contribution in [0.4, 0.5) is 10.5 Å². The Kier molecular flexibility index (Phi) is 6.65. The molecule has 0 saturated heterocycles. The van der Waals surface area contributed by atoms with E-state index in [0.717, 1.165) is 10.9 Å². The van der Waals surface area contributed by atoms with Crippen LogP contribution in [0.5, 0.6) is 0 Å². The van der Waals surface area contributed by atoms with E-state index in [2.05, 4.69) is 15.6 Å². The van der Waals surface area contributed by atoms with Gasteiger partial charge in [-0.2, -0.15) is 0 Å². The van der Waals surface area contributed by atoms with Gasteiger partial charge in [0.2, 0.25) is 0 Å². The van der Waals surface area contributed by atoms with E-state index < -0.39 is 15.9 Å². The lowest BCUT2D eigenvalue weighted by Gasteiger charge is -2.17. The number of carbonyl (C=O) groups excluding carboxylic acids is 1. The third kappa shape index (κ3) is 5.33. The van der Waals surface area contributed by atoms with E-state index in [0.29, 0.717) is 26.9 Å². The minimum atomic E-state index is -3.54. The van der Waals surface area contributed by atoms with Crippen molar-refractivity contribution in [3.63, 3.8) is 0 Å². The van der Waals surface area contributed by atoms with Crippen molar-refractivity contribution >= 4 is 55.7 Å². The Morgan fingerprint density at radius 3 is 2.55 bits per heavy atom. The minimum absolute atomic E-state index is 0.112. The van der Waals surface area contributed by atoms with E-state index in [1.807, 2.05) is 24.4 Å². The highest BCUT2D eigenvalue weighted by Gasteiger charge is 2.17. The molecule has 1 atom stereocenters. The second kappa shape index (κ2) is 9.47. The molecule has 1 aromatic heterocycles. The quantitative estimate of drug-likeness (QED) is 0.288. The molecule has 0 aliphatic rings. The summed E-state index contributed by atoms with van der Waals surface area (Å²) in [5.74, 6) is -0.112. The number of aromatic nitrogens is 1. The number of H-pyrrole nitrogens is 1. The molecule has 4 rings (SSSR count). The molecule has 33 heavy (non-hydrogen) atoms. The zero-order valence-electron chi connectivity index (χ0n) is 17.6. The van der Waals surface area contributed by atoms with Crippen LogP contribution >= 0.6 is 23.2 Å². The fraction of sp³-hybridized carbons (Fsp3) is 0.125. The Morgan fingerprint density at radius 2 is 1.79 bits per heavy atom. The van der Waals surface area contributed by atoms with Crippen molar-refractivity contribution in [3.05, 3.63) is 94.1 Å². The summed E-state index contributed by atoms with van der Waals surface area (Å²) in [6.45, 7) is 1.79. The van der Waals surface area contributed by atoms with Crippen molar-refractivity contribution in [2.75, 3.05) is 5.32 Å². The molecule has 3 aromatic carbocycles. The van der Waals surface area contributed by atoms with E-state index in [-0.39, 0.29) is 16.7 Å². The number of amides is 2. The maximum Gasteiger partial charge on any atom is 0.319 e. The van der Waals surface area contributed by atoms with Crippen LogP contribution in [0.25, 0.3) is 10.9 Å². The summed E-state index contributed by atoms with van der Waals surface area (Å²) in [6, 6.07) is 17.9. The molecule has 170 valence electrons. The van der Waals surface area contributed by atoms with Gasteiger partial charge in [0.25, 0.3) is 0 Å². The van der Waals surface area contributed by atoms with Gasteiger partial charge < -0.3 is 15.6 Å². The Morgan fingerprint density at radius 1 is 1.03 bits per heavy atom. The van der Waals surface area contributed by atoms with Gasteiger partial charge in [0.15, 0.2) is 9.84 Å². The molecule has 0 aliphatic heterocycles. The van der Waals surface area contributed by atoms with Crippen molar-refractivity contribution < 1.29 is 13.2 Å². The number of halogens is 2. The number of nitrogens with one attached hydrogen (secondary N) is 3. The highest BCUT2D eigenvalue weighted by atomic mass is 35.5. The lowest BCUT2D eigenvalue weighted by atomic mass is 10.1. The van der Waals surface area contributed by atoms with Gasteiger partial charge in [0.1, 0.15) is 0 Å². The summed E-state index contributed by atoms with van der Waals surface area (Å²) in [6.07, 6.45) is 1.81. The van der Waals surface area contributed by atoms with Crippen LogP contribution in [0, 0.1) is 0 Å². The van der Waals surface area contributed by atoms with E-state index in [1.165, 1.54) is 12.1 Å². The summed E-state index contributed by atoms with van der Waals surface area (Å²) >= 11 is 12.2. The molecule has 0 fully saturated rings. The number of hydrogen-bond acceptors (Lipinski definition) is 3. The van der Waals surface area contributed by atoms with Gasteiger partial charge in [-0.25, -0.2) is 13.2 Å². The SMILES string of the molecule is C[C@H](NC(=O)Nc1ccc(S(=O)(=O)Cc2ccc3[nH]ccc3c2)cc1)c1cccc(Cl)c1Cl. The van der Waals surface area contributed by atoms with Crippen molar-refractivity contribution in [3.8, 4) is 0 Å². The number of sulfone groups is 1. The number of fused-ring (bicyclic) bond motifs is 1. The monoisotopic (exact) mass is 501 g/mol. The Labute approximate surface area is 201 Å². The number of aromatic amines is 1. The fourth-order valence-electron chi connectivity index (χ4n) is 3.54. The highest BCUT2D eigenvalue weighted by molar-refractivity contribution is 7.90. The van der Waals surface area contributed by atoms with Gasteiger partial charge in [-0.15, -0.1) is 0 Å². The van der Waals surface area contributed by atoms with Gasteiger partial charge in [-0.05, 0) is 72.0 Å². The van der Waals surface area contributed by atoms with E-state index in [9.17, 15) is 13.2 Å². The van der Waals surface area contributed by atoms with Crippen LogP contribution in [0.15, 0.2) is 77.8 Å².